The molecule has 0 fully saturated rings. The number of anilines is 2. The smallest absolute Gasteiger partial charge is 0.239 e. The molecule has 3 N–H and O–H groups in total. The van der Waals surface area contributed by atoms with E-state index in [2.05, 4.69) is 51.4 Å². The lowest BCUT2D eigenvalue weighted by Gasteiger charge is -2.10. The number of nitrogens with zero attached hydrogens (tertiary/aromatic N) is 4. The predicted octanol–water partition coefficient (Wildman–Crippen LogP) is 2.74. The van der Waals surface area contributed by atoms with Crippen molar-refractivity contribution < 1.29 is 4.74 Å². The molecule has 110 valence electrons. The number of ether oxygens (including phenoxy) is 1. The van der Waals surface area contributed by atoms with Gasteiger partial charge in [0.05, 0.1) is 18.7 Å². The Hall–Kier alpha value is -2.68. The minimum absolute atomic E-state index is 0.454. The van der Waals surface area contributed by atoms with Crippen molar-refractivity contribution in [3.05, 3.63) is 29.3 Å². The first-order valence-corrected chi connectivity index (χ1v) is 7.18. The van der Waals surface area contributed by atoms with Crippen molar-refractivity contribution in [1.82, 2.24) is 30.1 Å². The number of rotatable bonds is 3. The number of hydrogen-bond donors (Lipinski definition) is 3. The molecule has 0 unspecified atom stereocenters. The van der Waals surface area contributed by atoms with Gasteiger partial charge in [-0.15, -0.1) is 0 Å². The summed E-state index contributed by atoms with van der Waals surface area (Å²) in [6.07, 6.45) is 5.01. The van der Waals surface area contributed by atoms with E-state index in [1.54, 1.807) is 13.3 Å². The number of H-pyrrole nitrogens is 2. The van der Waals surface area contributed by atoms with Crippen LogP contribution in [0.25, 0.3) is 22.1 Å². The van der Waals surface area contributed by atoms with E-state index in [1.807, 2.05) is 12.3 Å². The van der Waals surface area contributed by atoms with Gasteiger partial charge in [-0.3, -0.25) is 5.10 Å². The van der Waals surface area contributed by atoms with E-state index in [9.17, 15) is 0 Å². The first-order valence-electron chi connectivity index (χ1n) is 6.39. The number of hydrogen-bond acceptors (Lipinski definition) is 6. The number of pyridine rings is 1. The third-order valence-corrected chi connectivity index (χ3v) is 3.88. The van der Waals surface area contributed by atoms with Crippen molar-refractivity contribution in [3.63, 3.8) is 0 Å². The zero-order chi connectivity index (χ0) is 15.1. The van der Waals surface area contributed by atoms with E-state index >= 15 is 0 Å². The molecule has 0 saturated heterocycles. The molecular weight excluding hydrogens is 350 g/mol. The summed E-state index contributed by atoms with van der Waals surface area (Å²) in [7, 11) is 1.57. The molecule has 0 radical (unpaired) electrons. The molecule has 0 atom stereocenters. The van der Waals surface area contributed by atoms with Crippen LogP contribution in [-0.2, 0) is 0 Å². The van der Waals surface area contributed by atoms with E-state index < -0.39 is 0 Å². The highest BCUT2D eigenvalue weighted by atomic mass is 79.9. The maximum atomic E-state index is 5.33. The minimum atomic E-state index is 0.454. The SMILES string of the molecule is COc1nc2[nH]ncc2cc1Nc1ncnc2[nH]cc(Br)c12. The Bertz CT molecular complexity index is 977. The van der Waals surface area contributed by atoms with E-state index in [1.165, 1.54) is 6.33 Å². The second kappa shape index (κ2) is 4.95. The number of fused-ring (bicyclic) bond motifs is 2. The lowest BCUT2D eigenvalue weighted by atomic mass is 10.3. The molecule has 0 bridgehead atoms. The van der Waals surface area contributed by atoms with Crippen molar-refractivity contribution in [2.24, 2.45) is 0 Å². The van der Waals surface area contributed by atoms with Crippen LogP contribution in [0.4, 0.5) is 11.5 Å². The zero-order valence-corrected chi connectivity index (χ0v) is 13.0. The van der Waals surface area contributed by atoms with Crippen LogP contribution in [0.3, 0.4) is 0 Å². The molecule has 0 amide bonds. The summed E-state index contributed by atoms with van der Waals surface area (Å²) in [6, 6.07) is 1.90. The third-order valence-electron chi connectivity index (χ3n) is 3.26. The summed E-state index contributed by atoms with van der Waals surface area (Å²) in [6.45, 7) is 0. The van der Waals surface area contributed by atoms with Gasteiger partial charge in [-0.2, -0.15) is 10.1 Å². The fourth-order valence-electron chi connectivity index (χ4n) is 2.26. The monoisotopic (exact) mass is 359 g/mol. The van der Waals surface area contributed by atoms with Crippen molar-refractivity contribution >= 4 is 49.5 Å². The zero-order valence-electron chi connectivity index (χ0n) is 11.4. The summed E-state index contributed by atoms with van der Waals surface area (Å²) in [5, 5.41) is 11.8. The third kappa shape index (κ3) is 1.98. The molecule has 4 heterocycles. The molecule has 4 aromatic rings. The Labute approximate surface area is 132 Å². The maximum absolute atomic E-state index is 5.33. The highest BCUT2D eigenvalue weighted by Gasteiger charge is 2.13. The van der Waals surface area contributed by atoms with E-state index in [0.717, 1.165) is 20.9 Å². The lowest BCUT2D eigenvalue weighted by Crippen LogP contribution is -2.00. The van der Waals surface area contributed by atoms with Crippen LogP contribution in [0.15, 0.2) is 29.3 Å². The van der Waals surface area contributed by atoms with E-state index in [-0.39, 0.29) is 0 Å². The van der Waals surface area contributed by atoms with Crippen LogP contribution >= 0.6 is 15.9 Å². The first kappa shape index (κ1) is 13.0. The number of halogens is 1. The number of aromatic amines is 2. The van der Waals surface area contributed by atoms with Crippen LogP contribution < -0.4 is 10.1 Å². The molecule has 22 heavy (non-hydrogen) atoms. The summed E-state index contributed by atoms with van der Waals surface area (Å²) < 4.78 is 6.21. The fraction of sp³-hybridized carbons (Fsp3) is 0.0769. The minimum Gasteiger partial charge on any atom is -0.479 e. The second-order valence-electron chi connectivity index (χ2n) is 4.56. The van der Waals surface area contributed by atoms with E-state index in [0.29, 0.717) is 23.0 Å². The topological polar surface area (TPSA) is 104 Å². The molecule has 0 aliphatic rings. The van der Waals surface area contributed by atoms with Gasteiger partial charge in [0.2, 0.25) is 5.88 Å². The van der Waals surface area contributed by atoms with Gasteiger partial charge >= 0.3 is 0 Å². The second-order valence-corrected chi connectivity index (χ2v) is 5.41. The average Bonchev–Trinajstić information content (AvgIpc) is 3.13. The normalized spacial score (nSPS) is 11.2. The van der Waals surface area contributed by atoms with Gasteiger partial charge in [0.1, 0.15) is 23.5 Å². The van der Waals surface area contributed by atoms with Crippen molar-refractivity contribution in [3.8, 4) is 5.88 Å². The Balaban J connectivity index is 1.86. The Morgan fingerprint density at radius 3 is 3.05 bits per heavy atom. The van der Waals surface area contributed by atoms with Crippen molar-refractivity contribution in [2.75, 3.05) is 12.4 Å². The van der Waals surface area contributed by atoms with Crippen LogP contribution in [0, 0.1) is 0 Å². The lowest BCUT2D eigenvalue weighted by molar-refractivity contribution is 0.401. The Morgan fingerprint density at radius 1 is 1.27 bits per heavy atom. The van der Waals surface area contributed by atoms with E-state index in [4.69, 9.17) is 4.74 Å². The molecule has 0 aliphatic heterocycles. The quantitative estimate of drug-likeness (QED) is 0.519. The van der Waals surface area contributed by atoms with Gasteiger partial charge in [-0.1, -0.05) is 0 Å². The average molecular weight is 360 g/mol. The number of methoxy groups -OCH3 is 1. The van der Waals surface area contributed by atoms with Crippen LogP contribution in [0.2, 0.25) is 0 Å². The van der Waals surface area contributed by atoms with Gasteiger partial charge in [-0.05, 0) is 22.0 Å². The van der Waals surface area contributed by atoms with Crippen LogP contribution in [0.1, 0.15) is 0 Å². The predicted molar refractivity (Wildman–Crippen MR) is 85.3 cm³/mol. The summed E-state index contributed by atoms with van der Waals surface area (Å²) >= 11 is 3.49. The summed E-state index contributed by atoms with van der Waals surface area (Å²) in [4.78, 5) is 15.9. The molecule has 4 rings (SSSR count). The summed E-state index contributed by atoms with van der Waals surface area (Å²) in [5.41, 5.74) is 2.10. The number of nitrogens with one attached hydrogen (secondary N) is 3. The standard InChI is InChI=1S/C13H10BrN7O/c1-22-13-8(2-6-3-18-21-10(6)20-13)19-12-9-7(14)4-15-11(9)16-5-17-12/h2-5H,1H3,(H,18,20,21)(H2,15,16,17,19). The Kier molecular flexibility index (Phi) is 2.93. The molecule has 4 aromatic heterocycles. The van der Waals surface area contributed by atoms with Crippen molar-refractivity contribution in [2.45, 2.75) is 0 Å². The molecule has 9 heteroatoms. The van der Waals surface area contributed by atoms with Gasteiger partial charge in [0.25, 0.3) is 0 Å². The van der Waals surface area contributed by atoms with Gasteiger partial charge in [0.15, 0.2) is 5.65 Å². The van der Waals surface area contributed by atoms with Crippen LogP contribution in [-0.4, -0.2) is 37.2 Å². The van der Waals surface area contributed by atoms with Crippen molar-refractivity contribution in [1.29, 1.82) is 0 Å². The highest BCUT2D eigenvalue weighted by molar-refractivity contribution is 9.10. The number of aromatic nitrogens is 6. The molecule has 0 spiro atoms. The highest BCUT2D eigenvalue weighted by Crippen LogP contribution is 2.33. The first-order chi connectivity index (χ1) is 10.8. The molecule has 0 aliphatic carbocycles. The summed E-state index contributed by atoms with van der Waals surface area (Å²) in [5.74, 6) is 1.11. The molecular formula is C13H10BrN7O. The van der Waals surface area contributed by atoms with Gasteiger partial charge < -0.3 is 15.0 Å². The van der Waals surface area contributed by atoms with Gasteiger partial charge in [0, 0.05) is 16.1 Å². The van der Waals surface area contributed by atoms with Crippen LogP contribution in [0.5, 0.6) is 5.88 Å². The fourth-order valence-corrected chi connectivity index (χ4v) is 2.75. The molecule has 0 saturated carbocycles. The molecule has 0 aromatic carbocycles. The molecule has 8 nitrogen and oxygen atoms in total. The Morgan fingerprint density at radius 2 is 2.18 bits per heavy atom. The largest absolute Gasteiger partial charge is 0.479 e. The van der Waals surface area contributed by atoms with Gasteiger partial charge in [-0.25, -0.2) is 9.97 Å². The maximum Gasteiger partial charge on any atom is 0.239 e.